The Morgan fingerprint density at radius 2 is 1.56 bits per heavy atom. The molecule has 34 heavy (non-hydrogen) atoms. The van der Waals surface area contributed by atoms with Gasteiger partial charge in [0, 0.05) is 6.04 Å². The highest BCUT2D eigenvalue weighted by Gasteiger charge is 2.52. The number of benzene rings is 3. The molecule has 1 N–H and O–H groups in total. The van der Waals surface area contributed by atoms with E-state index in [4.69, 9.17) is 9.47 Å². The molecule has 0 radical (unpaired) electrons. The molecule has 1 aliphatic rings. The van der Waals surface area contributed by atoms with E-state index in [1.165, 1.54) is 0 Å². The van der Waals surface area contributed by atoms with Crippen LogP contribution in [0.5, 0.6) is 5.75 Å². The summed E-state index contributed by atoms with van der Waals surface area (Å²) in [6.07, 6.45) is -0.530. The Labute approximate surface area is 200 Å². The van der Waals surface area contributed by atoms with E-state index in [1.807, 2.05) is 104 Å². The van der Waals surface area contributed by atoms with Crippen LogP contribution < -0.4 is 10.1 Å². The van der Waals surface area contributed by atoms with Crippen LogP contribution in [0.2, 0.25) is 0 Å². The fraction of sp³-hybridized carbons (Fsp3) is 0.286. The number of nitrogens with zero attached hydrogens (tertiary/aromatic N) is 1. The maximum absolute atomic E-state index is 13.4. The van der Waals surface area contributed by atoms with Gasteiger partial charge in [-0.3, -0.25) is 4.79 Å². The summed E-state index contributed by atoms with van der Waals surface area (Å²) < 4.78 is 10.6. The second kappa shape index (κ2) is 10.4. The minimum Gasteiger partial charge on any atom is -0.497 e. The van der Waals surface area contributed by atoms with Gasteiger partial charge in [-0.2, -0.15) is 0 Å². The van der Waals surface area contributed by atoms with Gasteiger partial charge in [-0.25, -0.2) is 4.79 Å². The number of hydrogen-bond acceptors (Lipinski definition) is 4. The number of carbonyl (C=O) groups excluding carboxylic acids is 2. The molecule has 1 aliphatic heterocycles. The summed E-state index contributed by atoms with van der Waals surface area (Å²) >= 11 is 0. The predicted molar refractivity (Wildman–Crippen MR) is 130 cm³/mol. The smallest absolute Gasteiger partial charge is 0.407 e. The van der Waals surface area contributed by atoms with Crippen LogP contribution in [-0.2, 0) is 16.1 Å². The van der Waals surface area contributed by atoms with Gasteiger partial charge in [0.15, 0.2) is 0 Å². The molecule has 0 saturated carbocycles. The van der Waals surface area contributed by atoms with Crippen LogP contribution in [0.1, 0.15) is 42.6 Å². The minimum atomic E-state index is -0.530. The lowest BCUT2D eigenvalue weighted by Crippen LogP contribution is -2.62. The quantitative estimate of drug-likeness (QED) is 0.467. The molecule has 0 spiro atoms. The second-order valence-electron chi connectivity index (χ2n) is 8.57. The van der Waals surface area contributed by atoms with Crippen molar-refractivity contribution in [2.45, 2.75) is 38.6 Å². The molecule has 3 aromatic carbocycles. The molecule has 0 unspecified atom stereocenters. The topological polar surface area (TPSA) is 67.9 Å². The highest BCUT2D eigenvalue weighted by atomic mass is 16.5. The molecule has 0 bridgehead atoms. The summed E-state index contributed by atoms with van der Waals surface area (Å²) in [6.45, 7) is 4.07. The predicted octanol–water partition coefficient (Wildman–Crippen LogP) is 5.27. The highest BCUT2D eigenvalue weighted by molar-refractivity contribution is 5.88. The number of rotatable bonds is 8. The van der Waals surface area contributed by atoms with Crippen LogP contribution in [-0.4, -0.2) is 30.1 Å². The first-order chi connectivity index (χ1) is 16.5. The number of likely N-dealkylation sites (tertiary alicyclic amines) is 1. The molecule has 1 saturated heterocycles. The molecule has 176 valence electrons. The summed E-state index contributed by atoms with van der Waals surface area (Å²) in [7, 11) is 1.63. The number of carbonyl (C=O) groups is 2. The third kappa shape index (κ3) is 4.91. The van der Waals surface area contributed by atoms with E-state index in [2.05, 4.69) is 5.32 Å². The zero-order valence-corrected chi connectivity index (χ0v) is 19.7. The number of amides is 2. The highest BCUT2D eigenvalue weighted by Crippen LogP contribution is 2.47. The van der Waals surface area contributed by atoms with Crippen molar-refractivity contribution in [3.63, 3.8) is 0 Å². The lowest BCUT2D eigenvalue weighted by atomic mass is 9.76. The molecule has 0 aromatic heterocycles. The maximum atomic E-state index is 13.4. The molecule has 1 heterocycles. The Hall–Kier alpha value is -3.80. The Bertz CT molecular complexity index is 1100. The molecular weight excluding hydrogens is 428 g/mol. The van der Waals surface area contributed by atoms with E-state index in [9.17, 15) is 9.59 Å². The Morgan fingerprint density at radius 1 is 0.941 bits per heavy atom. The molecular formula is C28H30N2O4. The van der Waals surface area contributed by atoms with Crippen LogP contribution in [0.25, 0.3) is 0 Å². The molecule has 6 heteroatoms. The van der Waals surface area contributed by atoms with Gasteiger partial charge in [0.1, 0.15) is 12.4 Å². The van der Waals surface area contributed by atoms with Gasteiger partial charge in [0.25, 0.3) is 0 Å². The van der Waals surface area contributed by atoms with Crippen molar-refractivity contribution in [3.8, 4) is 5.75 Å². The zero-order chi connectivity index (χ0) is 24.1. The van der Waals surface area contributed by atoms with Gasteiger partial charge in [-0.15, -0.1) is 0 Å². The van der Waals surface area contributed by atoms with Crippen molar-refractivity contribution in [3.05, 3.63) is 102 Å². The SMILES string of the molecule is COc1ccc([C@H](C)N2C(=O)[C@H]([C@H](C)NC(=O)OCc3ccccc3)[C@H]2c2ccccc2)cc1. The molecule has 4 rings (SSSR count). The Kier molecular flexibility index (Phi) is 7.16. The number of nitrogens with one attached hydrogen (secondary N) is 1. The van der Waals surface area contributed by atoms with E-state index in [-0.39, 0.29) is 36.6 Å². The van der Waals surface area contributed by atoms with Crippen molar-refractivity contribution >= 4 is 12.0 Å². The number of hydrogen-bond donors (Lipinski definition) is 1. The molecule has 2 amide bonds. The summed E-state index contributed by atoms with van der Waals surface area (Å²) in [5.74, 6) is 0.399. The number of alkyl carbamates (subject to hydrolysis) is 1. The summed E-state index contributed by atoms with van der Waals surface area (Å²) in [5, 5.41) is 2.87. The average Bonchev–Trinajstić information content (AvgIpc) is 2.87. The monoisotopic (exact) mass is 458 g/mol. The van der Waals surface area contributed by atoms with Crippen LogP contribution in [0, 0.1) is 5.92 Å². The standard InChI is InChI=1S/C28H30N2O4/c1-19(29-28(32)34-18-21-10-6-4-7-11-21)25-26(23-12-8-5-9-13-23)30(27(25)31)20(2)22-14-16-24(33-3)17-15-22/h4-17,19-20,25-26H,18H2,1-3H3,(H,29,32)/t19-,20-,25+,26+/m0/s1. The van der Waals surface area contributed by atoms with Crippen molar-refractivity contribution < 1.29 is 19.1 Å². The molecule has 4 atom stereocenters. The summed E-state index contributed by atoms with van der Waals surface area (Å²) in [4.78, 5) is 27.7. The van der Waals surface area contributed by atoms with Gasteiger partial charge in [-0.05, 0) is 42.7 Å². The molecule has 1 fully saturated rings. The third-order valence-corrected chi connectivity index (χ3v) is 6.43. The van der Waals surface area contributed by atoms with Gasteiger partial charge in [-0.1, -0.05) is 72.8 Å². The zero-order valence-electron chi connectivity index (χ0n) is 19.7. The van der Waals surface area contributed by atoms with Crippen molar-refractivity contribution in [2.75, 3.05) is 7.11 Å². The van der Waals surface area contributed by atoms with Crippen LogP contribution in [0.15, 0.2) is 84.9 Å². The Balaban J connectivity index is 1.48. The molecule has 0 aliphatic carbocycles. The van der Waals surface area contributed by atoms with Gasteiger partial charge >= 0.3 is 6.09 Å². The van der Waals surface area contributed by atoms with Gasteiger partial charge in [0.05, 0.1) is 25.1 Å². The fourth-order valence-corrected chi connectivity index (χ4v) is 4.56. The van der Waals surface area contributed by atoms with Crippen molar-refractivity contribution in [1.29, 1.82) is 0 Å². The van der Waals surface area contributed by atoms with Gasteiger partial charge < -0.3 is 19.7 Å². The number of methoxy groups -OCH3 is 1. The minimum absolute atomic E-state index is 0.00744. The van der Waals surface area contributed by atoms with E-state index >= 15 is 0 Å². The van der Waals surface area contributed by atoms with Crippen LogP contribution in [0.3, 0.4) is 0 Å². The normalized spacial score (nSPS) is 19.0. The molecule has 3 aromatic rings. The molecule has 6 nitrogen and oxygen atoms in total. The van der Waals surface area contributed by atoms with Gasteiger partial charge in [0.2, 0.25) is 5.91 Å². The van der Waals surface area contributed by atoms with E-state index in [1.54, 1.807) is 7.11 Å². The maximum Gasteiger partial charge on any atom is 0.407 e. The lowest BCUT2D eigenvalue weighted by molar-refractivity contribution is -0.163. The fourth-order valence-electron chi connectivity index (χ4n) is 4.56. The second-order valence-corrected chi connectivity index (χ2v) is 8.57. The van der Waals surface area contributed by atoms with Crippen molar-refractivity contribution in [2.24, 2.45) is 5.92 Å². The Morgan fingerprint density at radius 3 is 2.18 bits per heavy atom. The largest absolute Gasteiger partial charge is 0.497 e. The van der Waals surface area contributed by atoms with E-state index < -0.39 is 6.09 Å². The summed E-state index contributed by atoms with van der Waals surface area (Å²) in [6, 6.07) is 26.5. The van der Waals surface area contributed by atoms with E-state index in [0.29, 0.717) is 0 Å². The van der Waals surface area contributed by atoms with Crippen LogP contribution in [0.4, 0.5) is 4.79 Å². The number of ether oxygens (including phenoxy) is 2. The third-order valence-electron chi connectivity index (χ3n) is 6.43. The first-order valence-electron chi connectivity index (χ1n) is 11.5. The lowest BCUT2D eigenvalue weighted by Gasteiger charge is -2.52. The first kappa shape index (κ1) is 23.4. The number of β-lactam (4-membered cyclic amide) rings is 1. The van der Waals surface area contributed by atoms with E-state index in [0.717, 1.165) is 22.4 Å². The first-order valence-corrected chi connectivity index (χ1v) is 11.5. The summed E-state index contributed by atoms with van der Waals surface area (Å²) in [5.41, 5.74) is 2.97. The average molecular weight is 459 g/mol. The van der Waals surface area contributed by atoms with Crippen molar-refractivity contribution in [1.82, 2.24) is 10.2 Å². The van der Waals surface area contributed by atoms with Crippen LogP contribution >= 0.6 is 0 Å².